The predicted octanol–water partition coefficient (Wildman–Crippen LogP) is 1.45. The van der Waals surface area contributed by atoms with Gasteiger partial charge in [-0.1, -0.05) is 6.92 Å². The van der Waals surface area contributed by atoms with Crippen molar-refractivity contribution in [3.63, 3.8) is 0 Å². The Bertz CT molecular complexity index is 421. The third kappa shape index (κ3) is 2.93. The molecule has 0 atom stereocenters. The highest BCUT2D eigenvalue weighted by atomic mass is 32.2. The summed E-state index contributed by atoms with van der Waals surface area (Å²) in [4.78, 5) is 4.19. The lowest BCUT2D eigenvalue weighted by molar-refractivity contribution is 0.598. The number of rotatable bonds is 3. The molecule has 4 nitrogen and oxygen atoms in total. The van der Waals surface area contributed by atoms with Crippen LogP contribution in [-0.2, 0) is 10.0 Å². The summed E-state index contributed by atoms with van der Waals surface area (Å²) < 4.78 is 21.8. The maximum atomic E-state index is 10.9. The van der Waals surface area contributed by atoms with E-state index in [2.05, 4.69) is 4.99 Å². The summed E-state index contributed by atoms with van der Waals surface area (Å²) in [6.07, 6.45) is 2.60. The van der Waals surface area contributed by atoms with Crippen LogP contribution in [0.5, 0.6) is 0 Å². The lowest BCUT2D eigenvalue weighted by Gasteiger charge is -1.97. The van der Waals surface area contributed by atoms with Crippen LogP contribution in [0.1, 0.15) is 13.3 Å². The van der Waals surface area contributed by atoms with E-state index in [1.54, 1.807) is 18.3 Å². The molecule has 0 aliphatic carbocycles. The molecule has 14 heavy (non-hydrogen) atoms. The van der Waals surface area contributed by atoms with Crippen LogP contribution < -0.4 is 5.14 Å². The van der Waals surface area contributed by atoms with Gasteiger partial charge in [0.25, 0.3) is 0 Å². The Labute approximate surface area is 83.5 Å². The summed E-state index contributed by atoms with van der Waals surface area (Å²) in [5.41, 5.74) is 0.722. The monoisotopic (exact) mass is 212 g/mol. The van der Waals surface area contributed by atoms with Gasteiger partial charge >= 0.3 is 0 Å². The molecule has 5 heteroatoms. The van der Waals surface area contributed by atoms with E-state index in [9.17, 15) is 8.42 Å². The van der Waals surface area contributed by atoms with Gasteiger partial charge in [0, 0.05) is 6.21 Å². The normalized spacial score (nSPS) is 12.1. The van der Waals surface area contributed by atoms with E-state index in [1.807, 2.05) is 6.92 Å². The number of benzene rings is 1. The van der Waals surface area contributed by atoms with E-state index in [-0.39, 0.29) is 4.90 Å². The van der Waals surface area contributed by atoms with Crippen LogP contribution in [0.25, 0.3) is 0 Å². The molecule has 0 saturated heterocycles. The van der Waals surface area contributed by atoms with Gasteiger partial charge in [0.1, 0.15) is 0 Å². The van der Waals surface area contributed by atoms with Crippen LogP contribution in [0.3, 0.4) is 0 Å². The van der Waals surface area contributed by atoms with Gasteiger partial charge in [-0.2, -0.15) is 0 Å². The van der Waals surface area contributed by atoms with Crippen LogP contribution in [0.15, 0.2) is 34.2 Å². The molecule has 1 rings (SSSR count). The molecule has 76 valence electrons. The molecule has 0 aliphatic rings. The molecule has 0 radical (unpaired) electrons. The molecule has 0 spiro atoms. The number of sulfonamides is 1. The lowest BCUT2D eigenvalue weighted by Crippen LogP contribution is -2.11. The summed E-state index contributed by atoms with van der Waals surface area (Å²) in [6.45, 7) is 1.97. The Morgan fingerprint density at radius 2 is 1.93 bits per heavy atom. The molecule has 2 N–H and O–H groups in total. The number of nitrogens with zero attached hydrogens (tertiary/aromatic N) is 1. The largest absolute Gasteiger partial charge is 0.261 e. The first-order chi connectivity index (χ1) is 6.54. The van der Waals surface area contributed by atoms with Gasteiger partial charge in [-0.05, 0) is 30.7 Å². The highest BCUT2D eigenvalue weighted by molar-refractivity contribution is 7.89. The first kappa shape index (κ1) is 10.9. The fraction of sp³-hybridized carbons (Fsp3) is 0.222. The Morgan fingerprint density at radius 3 is 2.36 bits per heavy atom. The maximum Gasteiger partial charge on any atom is 0.238 e. The average molecular weight is 212 g/mol. The van der Waals surface area contributed by atoms with Gasteiger partial charge in [0.2, 0.25) is 10.0 Å². The number of primary sulfonamides is 1. The van der Waals surface area contributed by atoms with E-state index >= 15 is 0 Å². The van der Waals surface area contributed by atoms with E-state index in [0.29, 0.717) is 0 Å². The van der Waals surface area contributed by atoms with Crippen molar-refractivity contribution in [1.82, 2.24) is 0 Å². The minimum absolute atomic E-state index is 0.105. The second-order valence-electron chi connectivity index (χ2n) is 2.76. The van der Waals surface area contributed by atoms with Crippen LogP contribution in [-0.4, -0.2) is 14.6 Å². The number of aliphatic imine (C=N–C) groups is 1. The van der Waals surface area contributed by atoms with Crippen molar-refractivity contribution >= 4 is 21.9 Å². The van der Waals surface area contributed by atoms with Crippen LogP contribution in [0.2, 0.25) is 0 Å². The highest BCUT2D eigenvalue weighted by Crippen LogP contribution is 2.14. The zero-order valence-corrected chi connectivity index (χ0v) is 8.66. The second-order valence-corrected chi connectivity index (χ2v) is 4.32. The third-order valence-corrected chi connectivity index (χ3v) is 2.52. The molecule has 0 heterocycles. The van der Waals surface area contributed by atoms with Crippen molar-refractivity contribution < 1.29 is 8.42 Å². The molecule has 0 bridgehead atoms. The summed E-state index contributed by atoms with van der Waals surface area (Å²) in [5.74, 6) is 0. The Morgan fingerprint density at radius 1 is 1.36 bits per heavy atom. The van der Waals surface area contributed by atoms with Crippen molar-refractivity contribution in [1.29, 1.82) is 0 Å². The zero-order valence-electron chi connectivity index (χ0n) is 7.84. The molecule has 0 saturated carbocycles. The topological polar surface area (TPSA) is 72.5 Å². The molecule has 0 unspecified atom stereocenters. The minimum Gasteiger partial charge on any atom is -0.261 e. The van der Waals surface area contributed by atoms with Gasteiger partial charge in [0.05, 0.1) is 10.6 Å². The standard InChI is InChI=1S/C9H12N2O2S/c1-2-7-11-8-3-5-9(6-4-8)14(10,12)13/h3-7H,2H2,1H3,(H2,10,12,13). The van der Waals surface area contributed by atoms with Gasteiger partial charge in [-0.3, -0.25) is 4.99 Å². The molecule has 1 aromatic rings. The lowest BCUT2D eigenvalue weighted by atomic mass is 10.3. The molecular weight excluding hydrogens is 200 g/mol. The third-order valence-electron chi connectivity index (χ3n) is 1.59. The van der Waals surface area contributed by atoms with E-state index in [1.165, 1.54) is 12.1 Å². The summed E-state index contributed by atoms with van der Waals surface area (Å²) in [7, 11) is -3.59. The zero-order chi connectivity index (χ0) is 10.6. The highest BCUT2D eigenvalue weighted by Gasteiger charge is 2.05. The van der Waals surface area contributed by atoms with E-state index in [0.717, 1.165) is 12.1 Å². The fourth-order valence-corrected chi connectivity index (χ4v) is 1.43. The van der Waals surface area contributed by atoms with Crippen molar-refractivity contribution in [2.45, 2.75) is 18.2 Å². The molecule has 0 fully saturated rings. The van der Waals surface area contributed by atoms with Gasteiger partial charge in [-0.25, -0.2) is 13.6 Å². The molecule has 1 aromatic carbocycles. The van der Waals surface area contributed by atoms with Crippen molar-refractivity contribution in [2.75, 3.05) is 0 Å². The first-order valence-corrected chi connectivity index (χ1v) is 5.74. The quantitative estimate of drug-likeness (QED) is 0.770. The van der Waals surface area contributed by atoms with E-state index < -0.39 is 10.0 Å². The first-order valence-electron chi connectivity index (χ1n) is 4.19. The second kappa shape index (κ2) is 4.34. The number of hydrogen-bond donors (Lipinski definition) is 1. The van der Waals surface area contributed by atoms with Crippen LogP contribution in [0.4, 0.5) is 5.69 Å². The predicted molar refractivity (Wildman–Crippen MR) is 56.3 cm³/mol. The smallest absolute Gasteiger partial charge is 0.238 e. The Kier molecular flexibility index (Phi) is 3.38. The summed E-state index contributed by atoms with van der Waals surface area (Å²) in [6, 6.07) is 6.12. The Balaban J connectivity index is 2.95. The molecular formula is C9H12N2O2S. The Hall–Kier alpha value is -1.20. The van der Waals surface area contributed by atoms with Crippen molar-refractivity contribution in [2.24, 2.45) is 10.1 Å². The fourth-order valence-electron chi connectivity index (χ4n) is 0.919. The molecule has 0 aromatic heterocycles. The molecule has 0 aliphatic heterocycles. The SMILES string of the molecule is CCC=Nc1ccc(S(N)(=O)=O)cc1. The van der Waals surface area contributed by atoms with Gasteiger partial charge < -0.3 is 0 Å². The summed E-state index contributed by atoms with van der Waals surface area (Å²) >= 11 is 0. The maximum absolute atomic E-state index is 10.9. The number of nitrogens with two attached hydrogens (primary N) is 1. The van der Waals surface area contributed by atoms with Crippen molar-refractivity contribution in [3.8, 4) is 0 Å². The number of hydrogen-bond acceptors (Lipinski definition) is 3. The molecule has 0 amide bonds. The minimum atomic E-state index is -3.59. The average Bonchev–Trinajstić information content (AvgIpc) is 2.14. The van der Waals surface area contributed by atoms with Crippen LogP contribution in [0, 0.1) is 0 Å². The van der Waals surface area contributed by atoms with E-state index in [4.69, 9.17) is 5.14 Å². The van der Waals surface area contributed by atoms with Crippen LogP contribution >= 0.6 is 0 Å². The summed E-state index contributed by atoms with van der Waals surface area (Å²) in [5, 5.41) is 4.94. The van der Waals surface area contributed by atoms with Crippen molar-refractivity contribution in [3.05, 3.63) is 24.3 Å². The van der Waals surface area contributed by atoms with Gasteiger partial charge in [-0.15, -0.1) is 0 Å². The van der Waals surface area contributed by atoms with Gasteiger partial charge in [0.15, 0.2) is 0 Å².